The summed E-state index contributed by atoms with van der Waals surface area (Å²) in [5, 5.41) is 28.9. The van der Waals surface area contributed by atoms with Crippen LogP contribution in [-0.4, -0.2) is 179 Å². The fraction of sp³-hybridized carbons (Fsp3) is 0.551. The van der Waals surface area contributed by atoms with E-state index in [9.17, 15) is 42.7 Å². The second kappa shape index (κ2) is 49.4. The summed E-state index contributed by atoms with van der Waals surface area (Å²) in [4.78, 5) is 108. The first kappa shape index (κ1) is 100. The van der Waals surface area contributed by atoms with Gasteiger partial charge >= 0.3 is 6.09 Å². The second-order valence-corrected chi connectivity index (χ2v) is 42.2. The lowest BCUT2D eigenvalue weighted by atomic mass is 9.76. The lowest BCUT2D eigenvalue weighted by molar-refractivity contribution is -0.135. The van der Waals surface area contributed by atoms with E-state index in [1.54, 1.807) is 63.1 Å². The third-order valence-corrected chi connectivity index (χ3v) is 30.2. The molecule has 0 saturated heterocycles. The Morgan fingerprint density at radius 2 is 0.742 bits per heavy atom. The second-order valence-electron chi connectivity index (χ2n) is 33.0. The Bertz CT molecular complexity index is 4520. The van der Waals surface area contributed by atoms with Crippen molar-refractivity contribution in [3.8, 4) is 45.0 Å². The van der Waals surface area contributed by atoms with Crippen LogP contribution in [0.1, 0.15) is 188 Å². The van der Waals surface area contributed by atoms with E-state index in [4.69, 9.17) is 11.8 Å². The maximum atomic E-state index is 13.8. The van der Waals surface area contributed by atoms with Crippen LogP contribution in [0, 0.1) is 23.7 Å². The van der Waals surface area contributed by atoms with E-state index in [0.29, 0.717) is 17.3 Å². The number of Topliss-reactive ketones (excluding diaryl/α,β-unsaturated/α-hetero) is 5. The van der Waals surface area contributed by atoms with Crippen LogP contribution in [0.15, 0.2) is 121 Å². The molecule has 4 aromatic heterocycles. The monoisotopic (exact) mass is 1790 g/mol. The topological polar surface area (TPSA) is 323 Å². The number of halogens is 1. The molecule has 3 amide bonds. The number of hydrogen-bond acceptors (Lipinski definition) is 27. The fourth-order valence-electron chi connectivity index (χ4n) is 14.2. The van der Waals surface area contributed by atoms with Crippen molar-refractivity contribution in [3.63, 3.8) is 0 Å². The Morgan fingerprint density at radius 1 is 0.458 bits per heavy atom. The maximum Gasteiger partial charge on any atom is 0.408 e. The first-order valence-electron chi connectivity index (χ1n) is 41.3. The van der Waals surface area contributed by atoms with Crippen LogP contribution in [0.4, 0.5) is 9.18 Å². The van der Waals surface area contributed by atoms with Gasteiger partial charge < -0.3 is 31.7 Å². The average molecular weight is 1800 g/mol. The van der Waals surface area contributed by atoms with Crippen molar-refractivity contribution in [2.24, 2.45) is 29.4 Å². The molecular weight excluding hydrogens is 1670 g/mol. The van der Waals surface area contributed by atoms with Crippen LogP contribution in [0.2, 0.25) is 0 Å². The lowest BCUT2D eigenvalue weighted by Crippen LogP contribution is -2.55. The highest BCUT2D eigenvalue weighted by Crippen LogP contribution is 2.39. The number of alkyl carbamates (subject to hydrolysis) is 1. The first-order chi connectivity index (χ1) is 57.4. The van der Waals surface area contributed by atoms with E-state index in [0.717, 1.165) is 98.1 Å². The molecule has 4 aromatic carbocycles. The number of hydrogen-bond donors (Lipinski definition) is 5. The number of alkyl halides is 1. The molecule has 10 rings (SSSR count). The number of nitrogens with two attached hydrogens (primary N) is 1. The molecule has 0 aliphatic heterocycles. The third-order valence-electron chi connectivity index (χ3n) is 22.1. The smallest absolute Gasteiger partial charge is 0.408 e. The van der Waals surface area contributed by atoms with Crippen LogP contribution < -0.4 is 27.0 Å². The van der Waals surface area contributed by atoms with Gasteiger partial charge in [0, 0.05) is 85.2 Å². The Balaban J connectivity index is 0.000000251. The number of nitrogens with zero attached hydrogens (tertiary/aromatic N) is 8. The van der Waals surface area contributed by atoms with E-state index in [2.05, 4.69) is 66.5 Å². The molecule has 0 spiro atoms. The zero-order chi connectivity index (χ0) is 89.3. The summed E-state index contributed by atoms with van der Waals surface area (Å²) in [7, 11) is 0.756. The molecule has 654 valence electrons. The standard InChI is InChI=1S/C28H40N4O3S2.C25H35N3O2S2.C20H27N3O3S2.C15H19N3OS2.CH3F/c1-18(29-4)22(33)16-21(19-12-8-6-9-13-19)27(35)30-26(28(2,3)36-5)23(34)17-24-25(31-32-37-24)20-14-10-7-11-15-20;1-5-19(17-12-8-6-9-13-17)24(30)26-23(25(2,3)31-4)20(29)16-21-22(27-28-32-21)18-14-10-7-11-15-18;1-19(2,3)26-18(25)21-17(20(4,5)27-6)14(24)12-15-16(22-23-28-15)13-10-8-7-9-11-13;1-15(2,20-3)14(16)11(19)9-12-13(17-18-21-12)10-7-5-4-6-8-10;1-2/h7,10-11,14-15,18-19,21,26,29H,6,8-9,12-13,16-17H2,1-5H3,(H,30,35);7,10-11,14-15,17,19,23H,5-6,8-9,12-13,16H2,1-4H3,(H,26,30);7-11,17H,12H2,1-6H3,(H,21,25);4-8,14H,9,16H2,1-3H3;1H3/t18-,21-,26+;19-,23+;17-;14-;/m0011./s1/i;;;;1D. The van der Waals surface area contributed by atoms with Gasteiger partial charge in [-0.05, 0) is 205 Å². The lowest BCUT2D eigenvalue weighted by Gasteiger charge is -2.35. The number of rotatable bonds is 36. The highest BCUT2D eigenvalue weighted by Gasteiger charge is 2.43. The SMILES string of the molecule is CC[C@H](C(=O)N[C@H](C(=O)Cc1snnc1-c1ccccc1)C(C)(C)SC)C1CCCCC1.CN[C@@H](C)C(=O)C[C@H](C(=O)N[C@H](C(=O)Cc1snnc1-c1ccccc1)C(C)(C)SC)C1CCCCC1.CSC(C)(C)[C@H](N)C(=O)Cc1snnc1-c1ccccc1.CSC(C)(C)[C@H](NC(=O)OC(C)(C)C)C(=O)Cc1snnc1-c1ccccc1.[2H]CF. The number of benzene rings is 4. The number of ether oxygens (including phenoxy) is 1. The number of amides is 3. The molecule has 0 radical (unpaired) electrons. The van der Waals surface area contributed by atoms with E-state index >= 15 is 0 Å². The Kier molecular flexibility index (Phi) is 41.2. The normalized spacial score (nSPS) is 15.3. The van der Waals surface area contributed by atoms with E-state index in [1.165, 1.54) is 83.6 Å². The van der Waals surface area contributed by atoms with Crippen molar-refractivity contribution >= 4 is 140 Å². The summed E-state index contributed by atoms with van der Waals surface area (Å²) in [5.41, 5.74) is 12.2. The molecule has 31 heteroatoms. The predicted octanol–water partition coefficient (Wildman–Crippen LogP) is 18.0. The minimum atomic E-state index is -1.00. The molecule has 8 aromatic rings. The van der Waals surface area contributed by atoms with Gasteiger partial charge in [0.2, 0.25) is 11.8 Å². The van der Waals surface area contributed by atoms with Gasteiger partial charge in [-0.2, -0.15) is 47.0 Å². The molecule has 2 aliphatic carbocycles. The zero-order valence-corrected chi connectivity index (χ0v) is 79.3. The molecule has 4 heterocycles. The number of ketones is 5. The van der Waals surface area contributed by atoms with E-state index in [-0.39, 0.29) is 95.5 Å². The summed E-state index contributed by atoms with van der Waals surface area (Å²) in [5.74, 6) is -0.125. The van der Waals surface area contributed by atoms with Gasteiger partial charge in [-0.1, -0.05) is 185 Å². The van der Waals surface area contributed by atoms with Gasteiger partial charge in [0.05, 0.1) is 40.1 Å². The highest BCUT2D eigenvalue weighted by atomic mass is 32.2. The molecule has 0 unspecified atom stereocenters. The molecule has 7 atom stereocenters. The van der Waals surface area contributed by atoms with Crippen LogP contribution in [0.25, 0.3) is 45.0 Å². The largest absolute Gasteiger partial charge is 0.444 e. The van der Waals surface area contributed by atoms with Gasteiger partial charge in [0.1, 0.15) is 52.3 Å². The fourth-order valence-corrected chi connectivity index (χ4v) is 18.5. The molecule has 2 saturated carbocycles. The first-order valence-corrected chi connectivity index (χ1v) is 48.6. The molecule has 22 nitrogen and oxygen atoms in total. The molecule has 0 bridgehead atoms. The van der Waals surface area contributed by atoms with Crippen LogP contribution >= 0.6 is 93.2 Å². The van der Waals surface area contributed by atoms with Crippen molar-refractivity contribution < 1.29 is 48.9 Å². The number of thioether (sulfide) groups is 4. The quantitative estimate of drug-likeness (QED) is 0.0244. The predicted molar refractivity (Wildman–Crippen MR) is 497 cm³/mol. The Labute approximate surface area is 744 Å². The number of likely N-dealkylation sites (N-methyl/N-ethyl adjacent to an activating group) is 1. The van der Waals surface area contributed by atoms with Crippen LogP contribution in [-0.2, 0) is 64.0 Å². The van der Waals surface area contributed by atoms with Crippen molar-refractivity contribution in [3.05, 3.63) is 141 Å². The number of carbonyl (C=O) groups is 8. The Hall–Kier alpha value is -7.07. The third kappa shape index (κ3) is 30.4. The summed E-state index contributed by atoms with van der Waals surface area (Å²) < 4.78 is 35.4. The van der Waals surface area contributed by atoms with Crippen LogP contribution in [0.3, 0.4) is 0 Å². The summed E-state index contributed by atoms with van der Waals surface area (Å²) >= 11 is 11.2. The maximum absolute atomic E-state index is 13.8. The minimum Gasteiger partial charge on any atom is -0.444 e. The number of nitrogens with one attached hydrogen (secondary N) is 4. The van der Waals surface area contributed by atoms with Gasteiger partial charge in [-0.3, -0.25) is 38.0 Å². The van der Waals surface area contributed by atoms with Crippen molar-refractivity contribution in [1.82, 2.24) is 59.6 Å². The summed E-state index contributed by atoms with van der Waals surface area (Å²) in [6, 6.07) is 36.2. The van der Waals surface area contributed by atoms with Crippen LogP contribution in [0.5, 0.6) is 0 Å². The van der Waals surface area contributed by atoms with E-state index in [1.807, 2.05) is 209 Å². The van der Waals surface area contributed by atoms with Crippen molar-refractivity contribution in [1.29, 1.82) is 0 Å². The van der Waals surface area contributed by atoms with Gasteiger partial charge in [-0.25, -0.2) is 4.79 Å². The highest BCUT2D eigenvalue weighted by molar-refractivity contribution is 8.00. The zero-order valence-electron chi connectivity index (χ0n) is 73.7. The minimum absolute atomic E-state index is 0.0134. The molecule has 120 heavy (non-hydrogen) atoms. The van der Waals surface area contributed by atoms with Gasteiger partial charge in [0.15, 0.2) is 23.1 Å². The van der Waals surface area contributed by atoms with Gasteiger partial charge in [-0.15, -0.1) is 20.4 Å². The van der Waals surface area contributed by atoms with Crippen molar-refractivity contribution in [2.75, 3.05) is 39.2 Å². The summed E-state index contributed by atoms with van der Waals surface area (Å²) in [6.45, 7) is 25.2. The molecule has 2 aliphatic rings. The number of aromatic nitrogens is 8. The molecule has 6 N–H and O–H groups in total. The Morgan fingerprint density at radius 3 is 1.02 bits per heavy atom. The van der Waals surface area contributed by atoms with Crippen molar-refractivity contribution in [2.45, 2.75) is 248 Å². The summed E-state index contributed by atoms with van der Waals surface area (Å²) in [6.07, 6.45) is 20.1. The van der Waals surface area contributed by atoms with Gasteiger partial charge in [0.25, 0.3) is 0 Å². The average Bonchev–Trinajstić information content (AvgIpc) is 0.967. The molecular formula is C89H124FN13O9S8. The van der Waals surface area contributed by atoms with E-state index < -0.39 is 63.2 Å². The molecule has 2 fully saturated rings. The number of carbonyl (C=O) groups excluding carboxylic acids is 8.